The molecule has 13 heteroatoms. The summed E-state index contributed by atoms with van der Waals surface area (Å²) in [4.78, 5) is 49.6. The number of aliphatic carboxylic acids is 1. The first-order chi connectivity index (χ1) is 17.1. The maximum absolute atomic E-state index is 13.1. The second-order valence-corrected chi connectivity index (χ2v) is 9.23. The molecule has 3 amide bonds. The van der Waals surface area contributed by atoms with Crippen molar-refractivity contribution in [1.82, 2.24) is 16.0 Å². The number of aliphatic hydroxyl groups excluding tert-OH is 1. The summed E-state index contributed by atoms with van der Waals surface area (Å²) in [6.45, 7) is -0.433. The number of amides is 3. The summed E-state index contributed by atoms with van der Waals surface area (Å²) in [6, 6.07) is 1.71. The SMILES string of the molecule is CSCCC(NC(=O)C(N)Cc1ccc(O)cc1)C(=O)NC(CCCCN)C(=O)NC(CO)C(=O)O. The van der Waals surface area contributed by atoms with Gasteiger partial charge in [-0.3, -0.25) is 14.4 Å². The van der Waals surface area contributed by atoms with E-state index in [1.54, 1.807) is 12.1 Å². The molecule has 0 aromatic heterocycles. The zero-order chi connectivity index (χ0) is 27.1. The molecular weight excluding hydrogens is 490 g/mol. The number of carbonyl (C=O) groups excluding carboxylic acids is 3. The van der Waals surface area contributed by atoms with Crippen LogP contribution in [-0.4, -0.2) is 88.3 Å². The maximum Gasteiger partial charge on any atom is 0.328 e. The number of nitrogens with one attached hydrogen (secondary N) is 3. The third-order valence-electron chi connectivity index (χ3n) is 5.35. The number of hydrogen-bond donors (Lipinski definition) is 8. The van der Waals surface area contributed by atoms with E-state index in [-0.39, 0.29) is 25.0 Å². The molecule has 0 bridgehead atoms. The molecule has 0 aliphatic rings. The molecule has 0 aliphatic heterocycles. The zero-order valence-corrected chi connectivity index (χ0v) is 21.1. The van der Waals surface area contributed by atoms with Gasteiger partial charge in [0.1, 0.15) is 23.9 Å². The highest BCUT2D eigenvalue weighted by Gasteiger charge is 2.29. The van der Waals surface area contributed by atoms with Crippen molar-refractivity contribution in [3.05, 3.63) is 29.8 Å². The summed E-state index contributed by atoms with van der Waals surface area (Å²) in [7, 11) is 0. The summed E-state index contributed by atoms with van der Waals surface area (Å²) < 4.78 is 0. The van der Waals surface area contributed by atoms with Crippen molar-refractivity contribution in [2.24, 2.45) is 11.5 Å². The summed E-state index contributed by atoms with van der Waals surface area (Å²) in [5, 5.41) is 35.1. The molecule has 0 fully saturated rings. The Morgan fingerprint density at radius 3 is 2.00 bits per heavy atom. The van der Waals surface area contributed by atoms with Gasteiger partial charge in [-0.2, -0.15) is 11.8 Å². The number of phenols is 1. The largest absolute Gasteiger partial charge is 0.508 e. The third kappa shape index (κ3) is 11.2. The number of thioether (sulfide) groups is 1. The standard InChI is InChI=1S/C23H37N5O7S/c1-36-11-9-18(26-20(31)16(25)12-14-5-7-15(30)8-6-14)22(33)27-17(4-2-3-10-24)21(32)28-19(13-29)23(34)35/h5-8,16-19,29-30H,2-4,9-13,24-25H2,1H3,(H,26,31)(H,27,33)(H,28,32)(H,34,35). The molecular formula is C23H37N5O7S. The molecule has 1 rings (SSSR count). The van der Waals surface area contributed by atoms with Crippen LogP contribution in [0.1, 0.15) is 31.2 Å². The Labute approximate surface area is 214 Å². The number of benzene rings is 1. The minimum Gasteiger partial charge on any atom is -0.508 e. The van der Waals surface area contributed by atoms with E-state index in [1.165, 1.54) is 23.9 Å². The van der Waals surface area contributed by atoms with Crippen molar-refractivity contribution in [3.8, 4) is 5.75 Å². The zero-order valence-electron chi connectivity index (χ0n) is 20.3. The summed E-state index contributed by atoms with van der Waals surface area (Å²) in [5.41, 5.74) is 12.3. The average molecular weight is 528 g/mol. The van der Waals surface area contributed by atoms with E-state index in [4.69, 9.17) is 16.6 Å². The van der Waals surface area contributed by atoms with Crippen molar-refractivity contribution < 1.29 is 34.5 Å². The molecule has 1 aromatic rings. The predicted octanol–water partition coefficient (Wildman–Crippen LogP) is -1.32. The molecule has 4 unspecified atom stereocenters. The fourth-order valence-corrected chi connectivity index (χ4v) is 3.73. The fourth-order valence-electron chi connectivity index (χ4n) is 3.25. The number of hydrogen-bond acceptors (Lipinski definition) is 9. The first-order valence-corrected chi connectivity index (χ1v) is 13.0. The topological polar surface area (TPSA) is 217 Å². The van der Waals surface area contributed by atoms with Crippen molar-refractivity contribution in [2.75, 3.05) is 25.2 Å². The Bertz CT molecular complexity index is 856. The molecule has 1 aromatic carbocycles. The third-order valence-corrected chi connectivity index (χ3v) is 5.99. The number of aliphatic hydroxyl groups is 1. The second-order valence-electron chi connectivity index (χ2n) is 8.25. The van der Waals surface area contributed by atoms with E-state index in [9.17, 15) is 29.4 Å². The number of carbonyl (C=O) groups is 4. The number of nitrogens with two attached hydrogens (primary N) is 2. The molecule has 0 saturated heterocycles. The van der Waals surface area contributed by atoms with Gasteiger partial charge >= 0.3 is 5.97 Å². The number of carboxylic acids is 1. The first kappa shape index (κ1) is 31.2. The summed E-state index contributed by atoms with van der Waals surface area (Å²) >= 11 is 1.47. The van der Waals surface area contributed by atoms with Gasteiger partial charge in [-0.25, -0.2) is 4.79 Å². The number of carboxylic acid groups (broad SMARTS) is 1. The van der Waals surface area contributed by atoms with E-state index in [0.717, 1.165) is 5.56 Å². The van der Waals surface area contributed by atoms with Crippen LogP contribution < -0.4 is 27.4 Å². The molecule has 10 N–H and O–H groups in total. The molecule has 36 heavy (non-hydrogen) atoms. The summed E-state index contributed by atoms with van der Waals surface area (Å²) in [5.74, 6) is -2.71. The fraction of sp³-hybridized carbons (Fsp3) is 0.565. The lowest BCUT2D eigenvalue weighted by Crippen LogP contribution is -2.57. The lowest BCUT2D eigenvalue weighted by molar-refractivity contribution is -0.143. The highest BCUT2D eigenvalue weighted by atomic mass is 32.2. The van der Waals surface area contributed by atoms with Crippen molar-refractivity contribution in [1.29, 1.82) is 0 Å². The van der Waals surface area contributed by atoms with E-state index in [1.807, 2.05) is 6.26 Å². The number of unbranched alkanes of at least 4 members (excludes halogenated alkanes) is 1. The highest BCUT2D eigenvalue weighted by molar-refractivity contribution is 7.98. The quantitative estimate of drug-likeness (QED) is 0.112. The highest BCUT2D eigenvalue weighted by Crippen LogP contribution is 2.11. The van der Waals surface area contributed by atoms with Crippen LogP contribution in [-0.2, 0) is 25.6 Å². The van der Waals surface area contributed by atoms with Crippen LogP contribution in [0.4, 0.5) is 0 Å². The van der Waals surface area contributed by atoms with E-state index in [2.05, 4.69) is 16.0 Å². The molecule has 0 radical (unpaired) electrons. The van der Waals surface area contributed by atoms with Crippen LogP contribution in [0.15, 0.2) is 24.3 Å². The van der Waals surface area contributed by atoms with Gasteiger partial charge in [0.15, 0.2) is 0 Å². The van der Waals surface area contributed by atoms with Crippen LogP contribution in [0.5, 0.6) is 5.75 Å². The van der Waals surface area contributed by atoms with E-state index < -0.39 is 54.5 Å². The smallest absolute Gasteiger partial charge is 0.328 e. The molecule has 4 atom stereocenters. The normalized spacial score (nSPS) is 14.2. The Kier molecular flexibility index (Phi) is 14.5. The second kappa shape index (κ2) is 16.7. The first-order valence-electron chi connectivity index (χ1n) is 11.6. The monoisotopic (exact) mass is 527 g/mol. The lowest BCUT2D eigenvalue weighted by Gasteiger charge is -2.25. The van der Waals surface area contributed by atoms with Crippen LogP contribution in [0.2, 0.25) is 0 Å². The Hall–Kier alpha value is -2.87. The van der Waals surface area contributed by atoms with Gasteiger partial charge in [0.25, 0.3) is 0 Å². The Balaban J connectivity index is 2.91. The van der Waals surface area contributed by atoms with Crippen molar-refractivity contribution in [3.63, 3.8) is 0 Å². The number of rotatable bonds is 17. The van der Waals surface area contributed by atoms with Gasteiger partial charge in [0.05, 0.1) is 12.6 Å². The van der Waals surface area contributed by atoms with Crippen LogP contribution >= 0.6 is 11.8 Å². The van der Waals surface area contributed by atoms with Crippen LogP contribution in [0.25, 0.3) is 0 Å². The molecule has 0 aliphatic carbocycles. The van der Waals surface area contributed by atoms with Gasteiger partial charge in [-0.15, -0.1) is 0 Å². The van der Waals surface area contributed by atoms with E-state index in [0.29, 0.717) is 25.1 Å². The van der Waals surface area contributed by atoms with Gasteiger partial charge in [-0.1, -0.05) is 12.1 Å². The predicted molar refractivity (Wildman–Crippen MR) is 136 cm³/mol. The van der Waals surface area contributed by atoms with Crippen LogP contribution in [0, 0.1) is 0 Å². The lowest BCUT2D eigenvalue weighted by atomic mass is 10.0. The van der Waals surface area contributed by atoms with Crippen LogP contribution in [0.3, 0.4) is 0 Å². The molecule has 0 heterocycles. The average Bonchev–Trinajstić information content (AvgIpc) is 2.85. The number of phenolic OH excluding ortho intramolecular Hbond substituents is 1. The molecule has 0 saturated carbocycles. The maximum atomic E-state index is 13.1. The van der Waals surface area contributed by atoms with Crippen molar-refractivity contribution in [2.45, 2.75) is 56.3 Å². The molecule has 12 nitrogen and oxygen atoms in total. The Morgan fingerprint density at radius 1 is 0.917 bits per heavy atom. The van der Waals surface area contributed by atoms with Gasteiger partial charge < -0.3 is 42.7 Å². The number of aromatic hydroxyl groups is 1. The molecule has 0 spiro atoms. The Morgan fingerprint density at radius 2 is 1.47 bits per heavy atom. The minimum atomic E-state index is -1.52. The molecule has 202 valence electrons. The summed E-state index contributed by atoms with van der Waals surface area (Å²) in [6.07, 6.45) is 3.57. The minimum absolute atomic E-state index is 0.0873. The van der Waals surface area contributed by atoms with Gasteiger partial charge in [-0.05, 0) is 68.4 Å². The van der Waals surface area contributed by atoms with Crippen molar-refractivity contribution >= 4 is 35.5 Å². The van der Waals surface area contributed by atoms with Gasteiger partial charge in [0.2, 0.25) is 17.7 Å². The van der Waals surface area contributed by atoms with Gasteiger partial charge in [0, 0.05) is 0 Å². The van der Waals surface area contributed by atoms with E-state index >= 15 is 0 Å².